The van der Waals surface area contributed by atoms with Gasteiger partial charge in [0.05, 0.1) is 0 Å². The average Bonchev–Trinajstić information content (AvgIpc) is 2.78. The van der Waals surface area contributed by atoms with Crippen LogP contribution in [-0.2, 0) is 27.4 Å². The summed E-state index contributed by atoms with van der Waals surface area (Å²) in [4.78, 5) is 37.9. The molecule has 2 rings (SSSR count). The second-order valence-electron chi connectivity index (χ2n) is 8.03. The molecule has 0 heterocycles. The number of rotatable bonds is 11. The van der Waals surface area contributed by atoms with Gasteiger partial charge >= 0.3 is 6.09 Å². The Hall–Kier alpha value is -3.35. The maximum atomic E-state index is 13.0. The first kappa shape index (κ1) is 24.9. The lowest BCUT2D eigenvalue weighted by Gasteiger charge is -2.24. The first-order chi connectivity index (χ1) is 15.4. The molecule has 0 aliphatic heterocycles. The zero-order valence-electron chi connectivity index (χ0n) is 19.0. The third-order valence-corrected chi connectivity index (χ3v) is 4.80. The van der Waals surface area contributed by atoms with Crippen LogP contribution in [0.2, 0.25) is 0 Å². The summed E-state index contributed by atoms with van der Waals surface area (Å²) in [6.45, 7) is 6.31. The molecule has 0 spiro atoms. The molecule has 32 heavy (non-hydrogen) atoms. The van der Waals surface area contributed by atoms with Crippen molar-refractivity contribution in [1.29, 1.82) is 0 Å². The van der Waals surface area contributed by atoms with E-state index in [-0.39, 0.29) is 18.4 Å². The van der Waals surface area contributed by atoms with Crippen molar-refractivity contribution in [3.8, 4) is 0 Å². The molecular formula is C25H33N3O4. The van der Waals surface area contributed by atoms with Crippen molar-refractivity contribution in [2.75, 3.05) is 6.54 Å². The molecule has 7 nitrogen and oxygen atoms in total. The van der Waals surface area contributed by atoms with Gasteiger partial charge < -0.3 is 20.7 Å². The second-order valence-corrected chi connectivity index (χ2v) is 8.03. The van der Waals surface area contributed by atoms with Crippen molar-refractivity contribution in [3.05, 3.63) is 71.8 Å². The Kier molecular flexibility index (Phi) is 10.2. The van der Waals surface area contributed by atoms with Crippen LogP contribution in [0, 0.1) is 5.92 Å². The molecule has 2 aromatic carbocycles. The van der Waals surface area contributed by atoms with E-state index in [2.05, 4.69) is 16.0 Å². The molecule has 0 aromatic heterocycles. The van der Waals surface area contributed by atoms with E-state index < -0.39 is 24.1 Å². The highest BCUT2D eigenvalue weighted by molar-refractivity contribution is 5.91. The lowest BCUT2D eigenvalue weighted by Crippen LogP contribution is -2.54. The van der Waals surface area contributed by atoms with Gasteiger partial charge in [0.25, 0.3) is 0 Å². The summed E-state index contributed by atoms with van der Waals surface area (Å²) in [5.74, 6) is -0.528. The predicted octanol–water partition coefficient (Wildman–Crippen LogP) is 3.19. The minimum atomic E-state index is -0.814. The fourth-order valence-corrected chi connectivity index (χ4v) is 3.24. The lowest BCUT2D eigenvalue weighted by atomic mass is 10.0. The monoisotopic (exact) mass is 439 g/mol. The highest BCUT2D eigenvalue weighted by Crippen LogP contribution is 2.09. The summed E-state index contributed by atoms with van der Waals surface area (Å²) in [5, 5.41) is 8.23. The van der Waals surface area contributed by atoms with Gasteiger partial charge in [0.1, 0.15) is 18.7 Å². The third-order valence-electron chi connectivity index (χ3n) is 4.80. The van der Waals surface area contributed by atoms with E-state index in [9.17, 15) is 14.4 Å². The van der Waals surface area contributed by atoms with Crippen molar-refractivity contribution in [2.45, 2.75) is 52.3 Å². The maximum absolute atomic E-state index is 13.0. The van der Waals surface area contributed by atoms with Gasteiger partial charge in [0.2, 0.25) is 11.8 Å². The van der Waals surface area contributed by atoms with Gasteiger partial charge in [0, 0.05) is 13.0 Å². The van der Waals surface area contributed by atoms with E-state index >= 15 is 0 Å². The molecule has 0 radical (unpaired) electrons. The molecule has 0 aliphatic rings. The highest BCUT2D eigenvalue weighted by atomic mass is 16.5. The van der Waals surface area contributed by atoms with E-state index in [0.29, 0.717) is 19.4 Å². The fourth-order valence-electron chi connectivity index (χ4n) is 3.24. The predicted molar refractivity (Wildman–Crippen MR) is 124 cm³/mol. The van der Waals surface area contributed by atoms with Crippen molar-refractivity contribution >= 4 is 17.9 Å². The number of ether oxygens (including phenoxy) is 1. The van der Waals surface area contributed by atoms with Gasteiger partial charge in [-0.2, -0.15) is 0 Å². The van der Waals surface area contributed by atoms with Crippen LogP contribution >= 0.6 is 0 Å². The topological polar surface area (TPSA) is 96.5 Å². The van der Waals surface area contributed by atoms with Crippen molar-refractivity contribution in [2.24, 2.45) is 5.92 Å². The molecule has 3 N–H and O–H groups in total. The molecule has 3 amide bonds. The maximum Gasteiger partial charge on any atom is 0.408 e. The van der Waals surface area contributed by atoms with Gasteiger partial charge in [-0.3, -0.25) is 9.59 Å². The summed E-state index contributed by atoms with van der Waals surface area (Å²) in [7, 11) is 0. The van der Waals surface area contributed by atoms with Gasteiger partial charge in [-0.1, -0.05) is 74.5 Å². The number of alkyl carbamates (subject to hydrolysis) is 1. The quantitative estimate of drug-likeness (QED) is 0.501. The molecule has 2 aromatic rings. The minimum absolute atomic E-state index is 0.109. The van der Waals surface area contributed by atoms with E-state index in [4.69, 9.17) is 4.74 Å². The Bertz CT molecular complexity index is 856. The summed E-state index contributed by atoms with van der Waals surface area (Å²) in [5.41, 5.74) is 1.78. The SMILES string of the molecule is CCNC(=O)[C@@H](Cc1ccccc1)NC(=O)[C@H](CC(C)C)NC(=O)OCc1ccccc1. The first-order valence-electron chi connectivity index (χ1n) is 11.0. The Labute approximate surface area is 189 Å². The molecule has 7 heteroatoms. The smallest absolute Gasteiger partial charge is 0.408 e. The zero-order valence-corrected chi connectivity index (χ0v) is 19.0. The molecule has 2 atom stereocenters. The molecule has 0 bridgehead atoms. The van der Waals surface area contributed by atoms with Crippen LogP contribution in [0.15, 0.2) is 60.7 Å². The number of nitrogens with one attached hydrogen (secondary N) is 3. The van der Waals surface area contributed by atoms with Crippen LogP contribution < -0.4 is 16.0 Å². The molecule has 0 saturated heterocycles. The third kappa shape index (κ3) is 8.79. The largest absolute Gasteiger partial charge is 0.445 e. The van der Waals surface area contributed by atoms with Gasteiger partial charge in [-0.25, -0.2) is 4.79 Å². The molecule has 0 aliphatic carbocycles. The van der Waals surface area contributed by atoms with E-state index in [1.807, 2.05) is 81.4 Å². The minimum Gasteiger partial charge on any atom is -0.445 e. The van der Waals surface area contributed by atoms with Crippen LogP contribution in [0.1, 0.15) is 38.3 Å². The van der Waals surface area contributed by atoms with E-state index in [1.165, 1.54) is 0 Å². The Morgan fingerprint density at radius 2 is 1.41 bits per heavy atom. The fraction of sp³-hybridized carbons (Fsp3) is 0.400. The number of amides is 3. The number of hydrogen-bond acceptors (Lipinski definition) is 4. The molecule has 0 fully saturated rings. The van der Waals surface area contributed by atoms with E-state index in [1.54, 1.807) is 0 Å². The van der Waals surface area contributed by atoms with Crippen molar-refractivity contribution in [3.63, 3.8) is 0 Å². The van der Waals surface area contributed by atoms with Crippen LogP contribution in [0.5, 0.6) is 0 Å². The first-order valence-corrected chi connectivity index (χ1v) is 11.0. The van der Waals surface area contributed by atoms with Crippen LogP contribution in [0.4, 0.5) is 4.79 Å². The number of benzene rings is 2. The Balaban J connectivity index is 2.03. The average molecular weight is 440 g/mol. The number of likely N-dealkylation sites (N-methyl/N-ethyl adjacent to an activating group) is 1. The van der Waals surface area contributed by atoms with Gasteiger partial charge in [0.15, 0.2) is 0 Å². The number of carbonyl (C=O) groups excluding carboxylic acids is 3. The highest BCUT2D eigenvalue weighted by Gasteiger charge is 2.27. The Morgan fingerprint density at radius 3 is 1.97 bits per heavy atom. The van der Waals surface area contributed by atoms with Gasteiger partial charge in [-0.15, -0.1) is 0 Å². The van der Waals surface area contributed by atoms with E-state index in [0.717, 1.165) is 11.1 Å². The van der Waals surface area contributed by atoms with Crippen LogP contribution in [0.3, 0.4) is 0 Å². The summed E-state index contributed by atoms with van der Waals surface area (Å²) >= 11 is 0. The summed E-state index contributed by atoms with van der Waals surface area (Å²) in [6.07, 6.45) is 0.0950. The zero-order chi connectivity index (χ0) is 23.3. The van der Waals surface area contributed by atoms with Crippen molar-refractivity contribution in [1.82, 2.24) is 16.0 Å². The second kappa shape index (κ2) is 13.1. The lowest BCUT2D eigenvalue weighted by molar-refractivity contribution is -0.130. The molecule has 0 unspecified atom stereocenters. The van der Waals surface area contributed by atoms with Crippen LogP contribution in [-0.4, -0.2) is 36.5 Å². The summed E-state index contributed by atoms with van der Waals surface area (Å²) < 4.78 is 5.27. The normalized spacial score (nSPS) is 12.5. The number of hydrogen-bond donors (Lipinski definition) is 3. The van der Waals surface area contributed by atoms with Crippen molar-refractivity contribution < 1.29 is 19.1 Å². The summed E-state index contributed by atoms with van der Waals surface area (Å²) in [6, 6.07) is 17.2. The molecule has 172 valence electrons. The molecule has 0 saturated carbocycles. The van der Waals surface area contributed by atoms with Gasteiger partial charge in [-0.05, 0) is 30.4 Å². The Morgan fingerprint density at radius 1 is 0.812 bits per heavy atom. The standard InChI is InChI=1S/C25H33N3O4/c1-4-26-23(29)22(16-19-11-7-5-8-12-19)27-24(30)21(15-18(2)3)28-25(31)32-17-20-13-9-6-10-14-20/h5-14,18,21-22H,4,15-17H2,1-3H3,(H,26,29)(H,27,30)(H,28,31)/t21-,22+/m0/s1. The van der Waals surface area contributed by atoms with Crippen LogP contribution in [0.25, 0.3) is 0 Å². The number of carbonyl (C=O) groups is 3. The molecular weight excluding hydrogens is 406 g/mol.